The molecule has 4 nitrogen and oxygen atoms in total. The molecule has 2 aliphatic rings. The van der Waals surface area contributed by atoms with Crippen LogP contribution in [0.1, 0.15) is 5.56 Å². The highest BCUT2D eigenvalue weighted by atomic mass is 16.5. The van der Waals surface area contributed by atoms with Crippen LogP contribution in [0.15, 0.2) is 24.3 Å². The van der Waals surface area contributed by atoms with Gasteiger partial charge >= 0.3 is 0 Å². The SMILES string of the molecule is N#CC1(C2COCC2O)COc2ccccc2C1. The molecule has 1 aromatic carbocycles. The molecule has 1 fully saturated rings. The number of hydrogen-bond donors (Lipinski definition) is 1. The van der Waals surface area contributed by atoms with Crippen LogP contribution in [-0.4, -0.2) is 31.0 Å². The van der Waals surface area contributed by atoms with Crippen LogP contribution in [0.2, 0.25) is 0 Å². The van der Waals surface area contributed by atoms with Crippen LogP contribution in [0.3, 0.4) is 0 Å². The van der Waals surface area contributed by atoms with Gasteiger partial charge in [0.15, 0.2) is 0 Å². The largest absolute Gasteiger partial charge is 0.492 e. The fourth-order valence-corrected chi connectivity index (χ4v) is 2.85. The first kappa shape index (κ1) is 11.5. The Bertz CT molecular complexity index is 496. The average Bonchev–Trinajstić information content (AvgIpc) is 2.85. The Labute approximate surface area is 106 Å². The summed E-state index contributed by atoms with van der Waals surface area (Å²) in [5, 5.41) is 19.5. The van der Waals surface area contributed by atoms with E-state index < -0.39 is 11.5 Å². The lowest BCUT2D eigenvalue weighted by atomic mass is 9.70. The second-order valence-corrected chi connectivity index (χ2v) is 5.05. The van der Waals surface area contributed by atoms with Crippen LogP contribution < -0.4 is 4.74 Å². The molecule has 2 heterocycles. The van der Waals surface area contributed by atoms with Crippen molar-refractivity contribution in [1.82, 2.24) is 0 Å². The molecule has 0 aromatic heterocycles. The lowest BCUT2D eigenvalue weighted by molar-refractivity contribution is 0.0411. The molecule has 18 heavy (non-hydrogen) atoms. The molecule has 0 aliphatic carbocycles. The van der Waals surface area contributed by atoms with Crippen molar-refractivity contribution in [2.75, 3.05) is 19.8 Å². The number of nitriles is 1. The summed E-state index contributed by atoms with van der Waals surface area (Å²) in [6.07, 6.45) is 0.0450. The third kappa shape index (κ3) is 1.67. The highest BCUT2D eigenvalue weighted by molar-refractivity contribution is 5.38. The minimum Gasteiger partial charge on any atom is -0.492 e. The normalized spacial score (nSPS) is 34.4. The quantitative estimate of drug-likeness (QED) is 0.806. The van der Waals surface area contributed by atoms with E-state index >= 15 is 0 Å². The Kier molecular flexibility index (Phi) is 2.73. The van der Waals surface area contributed by atoms with E-state index in [4.69, 9.17) is 9.47 Å². The van der Waals surface area contributed by atoms with Gasteiger partial charge in [-0.15, -0.1) is 0 Å². The molecular weight excluding hydrogens is 230 g/mol. The van der Waals surface area contributed by atoms with Crippen LogP contribution in [-0.2, 0) is 11.2 Å². The van der Waals surface area contributed by atoms with Crippen LogP contribution in [0.25, 0.3) is 0 Å². The fraction of sp³-hybridized carbons (Fsp3) is 0.500. The van der Waals surface area contributed by atoms with E-state index in [0.29, 0.717) is 26.2 Å². The number of para-hydroxylation sites is 1. The van der Waals surface area contributed by atoms with Gasteiger partial charge in [0.1, 0.15) is 17.8 Å². The molecule has 1 saturated heterocycles. The fourth-order valence-electron chi connectivity index (χ4n) is 2.85. The average molecular weight is 245 g/mol. The first-order valence-corrected chi connectivity index (χ1v) is 6.13. The smallest absolute Gasteiger partial charge is 0.122 e. The Hall–Kier alpha value is -1.57. The third-order valence-corrected chi connectivity index (χ3v) is 3.95. The number of ether oxygens (including phenoxy) is 2. The number of aliphatic hydroxyl groups is 1. The van der Waals surface area contributed by atoms with Gasteiger partial charge in [0.2, 0.25) is 0 Å². The Morgan fingerprint density at radius 1 is 1.33 bits per heavy atom. The highest BCUT2D eigenvalue weighted by Crippen LogP contribution is 2.42. The molecule has 0 radical (unpaired) electrons. The van der Waals surface area contributed by atoms with Gasteiger partial charge in [0, 0.05) is 5.92 Å². The minimum absolute atomic E-state index is 0.171. The van der Waals surface area contributed by atoms with Gasteiger partial charge < -0.3 is 14.6 Å². The number of benzene rings is 1. The first-order valence-electron chi connectivity index (χ1n) is 6.13. The van der Waals surface area contributed by atoms with E-state index in [2.05, 4.69) is 6.07 Å². The molecule has 0 amide bonds. The monoisotopic (exact) mass is 245 g/mol. The summed E-state index contributed by atoms with van der Waals surface area (Å²) in [6.45, 7) is 1.07. The summed E-state index contributed by atoms with van der Waals surface area (Å²) in [7, 11) is 0. The van der Waals surface area contributed by atoms with Gasteiger partial charge in [-0.1, -0.05) is 18.2 Å². The number of rotatable bonds is 1. The van der Waals surface area contributed by atoms with Crippen molar-refractivity contribution < 1.29 is 14.6 Å². The van der Waals surface area contributed by atoms with Crippen LogP contribution in [0, 0.1) is 22.7 Å². The Morgan fingerprint density at radius 2 is 2.17 bits per heavy atom. The van der Waals surface area contributed by atoms with E-state index in [1.807, 2.05) is 24.3 Å². The van der Waals surface area contributed by atoms with Crippen molar-refractivity contribution in [3.05, 3.63) is 29.8 Å². The number of aliphatic hydroxyl groups excluding tert-OH is 1. The Morgan fingerprint density at radius 3 is 2.89 bits per heavy atom. The zero-order chi connectivity index (χ0) is 12.6. The molecule has 0 bridgehead atoms. The van der Waals surface area contributed by atoms with Gasteiger partial charge in [0.25, 0.3) is 0 Å². The summed E-state index contributed by atoms with van der Waals surface area (Å²) in [6, 6.07) is 10.1. The number of fused-ring (bicyclic) bond motifs is 1. The third-order valence-electron chi connectivity index (χ3n) is 3.95. The molecule has 1 aromatic rings. The zero-order valence-corrected chi connectivity index (χ0v) is 10.0. The maximum absolute atomic E-state index is 9.95. The van der Waals surface area contributed by atoms with E-state index in [1.165, 1.54) is 0 Å². The second-order valence-electron chi connectivity index (χ2n) is 5.05. The number of hydrogen-bond acceptors (Lipinski definition) is 4. The predicted molar refractivity (Wildman–Crippen MR) is 64.0 cm³/mol. The van der Waals surface area contributed by atoms with Gasteiger partial charge in [0.05, 0.1) is 25.4 Å². The van der Waals surface area contributed by atoms with Gasteiger partial charge in [-0.05, 0) is 18.1 Å². The lowest BCUT2D eigenvalue weighted by Crippen LogP contribution is -2.45. The number of nitrogens with zero attached hydrogens (tertiary/aromatic N) is 1. The summed E-state index contributed by atoms with van der Waals surface area (Å²) in [5.74, 6) is 0.674. The summed E-state index contributed by atoms with van der Waals surface area (Å²) in [4.78, 5) is 0. The molecule has 3 rings (SSSR count). The van der Waals surface area contributed by atoms with Crippen molar-refractivity contribution in [3.63, 3.8) is 0 Å². The van der Waals surface area contributed by atoms with Crippen molar-refractivity contribution in [1.29, 1.82) is 5.26 Å². The van der Waals surface area contributed by atoms with Crippen LogP contribution >= 0.6 is 0 Å². The lowest BCUT2D eigenvalue weighted by Gasteiger charge is -2.37. The molecule has 0 spiro atoms. The Balaban J connectivity index is 1.94. The summed E-state index contributed by atoms with van der Waals surface area (Å²) < 4.78 is 11.0. The standard InChI is InChI=1S/C14H15NO3/c15-8-14(11-6-17-7-12(11)16)5-10-3-1-2-4-13(10)18-9-14/h1-4,11-12,16H,5-7,9H2. The minimum atomic E-state index is -0.676. The molecule has 3 atom stereocenters. The second kappa shape index (κ2) is 4.27. The zero-order valence-electron chi connectivity index (χ0n) is 10.0. The van der Waals surface area contributed by atoms with Crippen molar-refractivity contribution in [2.45, 2.75) is 12.5 Å². The molecule has 2 aliphatic heterocycles. The van der Waals surface area contributed by atoms with Crippen LogP contribution in [0.4, 0.5) is 0 Å². The maximum atomic E-state index is 9.95. The first-order chi connectivity index (χ1) is 8.75. The van der Waals surface area contributed by atoms with Crippen molar-refractivity contribution in [3.8, 4) is 11.8 Å². The molecule has 94 valence electrons. The molecule has 3 unspecified atom stereocenters. The van der Waals surface area contributed by atoms with Crippen LogP contribution in [0.5, 0.6) is 5.75 Å². The van der Waals surface area contributed by atoms with Gasteiger partial charge in [-0.25, -0.2) is 0 Å². The summed E-state index contributed by atoms with van der Waals surface area (Å²) >= 11 is 0. The van der Waals surface area contributed by atoms with E-state index in [9.17, 15) is 10.4 Å². The maximum Gasteiger partial charge on any atom is 0.122 e. The molecule has 1 N–H and O–H groups in total. The van der Waals surface area contributed by atoms with Gasteiger partial charge in [-0.3, -0.25) is 0 Å². The highest BCUT2D eigenvalue weighted by Gasteiger charge is 2.48. The molecular formula is C14H15NO3. The topological polar surface area (TPSA) is 62.5 Å². The summed E-state index contributed by atoms with van der Waals surface area (Å²) in [5.41, 5.74) is 0.356. The van der Waals surface area contributed by atoms with Crippen molar-refractivity contribution in [2.24, 2.45) is 11.3 Å². The van der Waals surface area contributed by atoms with E-state index in [1.54, 1.807) is 0 Å². The van der Waals surface area contributed by atoms with E-state index in [0.717, 1.165) is 11.3 Å². The molecule has 0 saturated carbocycles. The molecule has 4 heteroatoms. The predicted octanol–water partition coefficient (Wildman–Crippen LogP) is 1.14. The van der Waals surface area contributed by atoms with Crippen molar-refractivity contribution >= 4 is 0 Å². The van der Waals surface area contributed by atoms with Gasteiger partial charge in [-0.2, -0.15) is 5.26 Å². The van der Waals surface area contributed by atoms with E-state index in [-0.39, 0.29) is 5.92 Å².